The van der Waals surface area contributed by atoms with Crippen molar-refractivity contribution in [1.29, 1.82) is 0 Å². The van der Waals surface area contributed by atoms with Crippen LogP contribution in [-0.4, -0.2) is 30.5 Å². The van der Waals surface area contributed by atoms with Crippen molar-refractivity contribution in [3.05, 3.63) is 91.9 Å². The molecule has 0 N–H and O–H groups in total. The Morgan fingerprint density at radius 2 is 0.233 bits per heavy atom. The van der Waals surface area contributed by atoms with Crippen LogP contribution in [0.4, 0.5) is 0 Å². The van der Waals surface area contributed by atoms with Crippen LogP contribution in [0.25, 0.3) is 0 Å². The molecule has 0 aliphatic carbocycles. The molecule has 0 aliphatic heterocycles. The second-order valence-corrected chi connectivity index (χ2v) is 1.34. The van der Waals surface area contributed by atoms with Crippen LogP contribution in [0.3, 0.4) is 0 Å². The normalized spacial score (nSPS) is 4.80. The van der Waals surface area contributed by atoms with E-state index in [9.17, 15) is 0 Å². The molecule has 0 fully saturated rings. The van der Waals surface area contributed by atoms with Crippen LogP contribution >= 0.6 is 0 Å². The Hall–Kier alpha value is 5.02. The molecule has 0 amide bonds. The van der Waals surface area contributed by atoms with E-state index < -0.39 is 30.5 Å². The summed E-state index contributed by atoms with van der Waals surface area (Å²) in [6.07, 6.45) is 0. The molecule has 30 heteroatoms. The van der Waals surface area contributed by atoms with Crippen molar-refractivity contribution >= 4 is 0 Å². The first-order valence-corrected chi connectivity index (χ1v) is 3.29. The van der Waals surface area contributed by atoms with Gasteiger partial charge in [-0.3, -0.25) is 0 Å². The smallest absolute Gasteiger partial charge is 0.356 e. The molecule has 0 saturated heterocycles. The molecule has 30 heavy (non-hydrogen) atoms. The van der Waals surface area contributed by atoms with Crippen LogP contribution in [0.2, 0.25) is 0 Å². The third-order valence-corrected chi connectivity index (χ3v) is 0. The van der Waals surface area contributed by atoms with Gasteiger partial charge >= 0.3 is 308 Å². The predicted molar refractivity (Wildman–Crippen MR) is 62.2 cm³/mol. The van der Waals surface area contributed by atoms with Crippen LogP contribution in [0, 0.1) is 91.9 Å². The SMILES string of the molecule is O=[N+]([O-])[O-].O=[N+]([O-])[O-].O=[N+]([O-])[O-].O=[N+]([O-])[O-].O=[N+]([O-])[O-].O=[N+]([O-])[O-].[K+].[K+].[K+].[K+].[K+].[K+]. The van der Waals surface area contributed by atoms with E-state index in [1.54, 1.807) is 0 Å². The quantitative estimate of drug-likeness (QED) is 0.140. The fourth-order valence-electron chi connectivity index (χ4n) is 0. The Labute approximate surface area is 417 Å². The van der Waals surface area contributed by atoms with Crippen LogP contribution in [0.1, 0.15) is 0 Å². The molecule has 0 rings (SSSR count). The molecule has 0 atom stereocenters. The molecular formula is K6N6O18. The Balaban J connectivity index is -0.0000000125. The summed E-state index contributed by atoms with van der Waals surface area (Å²) in [5.74, 6) is 0. The van der Waals surface area contributed by atoms with Gasteiger partial charge in [-0.05, 0) is 0 Å². The summed E-state index contributed by atoms with van der Waals surface area (Å²) in [7, 11) is 0. The fraction of sp³-hybridized carbons (Fsp3) is 0. The first-order valence-electron chi connectivity index (χ1n) is 3.29. The van der Waals surface area contributed by atoms with Crippen LogP contribution in [0.15, 0.2) is 0 Å². The Morgan fingerprint density at radius 1 is 0.233 bits per heavy atom. The van der Waals surface area contributed by atoms with E-state index in [0.29, 0.717) is 0 Å². The molecule has 0 heterocycles. The molecule has 0 bridgehead atoms. The molecule has 144 valence electrons. The molecule has 0 aromatic heterocycles. The minimum atomic E-state index is -1.75. The van der Waals surface area contributed by atoms with Crippen molar-refractivity contribution in [1.82, 2.24) is 0 Å². The van der Waals surface area contributed by atoms with Crippen molar-refractivity contribution in [3.8, 4) is 0 Å². The second-order valence-electron chi connectivity index (χ2n) is 1.34. The largest absolute Gasteiger partial charge is 1.00 e. The van der Waals surface area contributed by atoms with Crippen molar-refractivity contribution in [3.63, 3.8) is 0 Å². The fourth-order valence-corrected chi connectivity index (χ4v) is 0. The Bertz CT molecular complexity index is 272. The van der Waals surface area contributed by atoms with Gasteiger partial charge in [-0.25, -0.2) is 0 Å². The number of hydrogen-bond acceptors (Lipinski definition) is 18. The molecule has 0 aromatic carbocycles. The number of nitrogens with zero attached hydrogens (tertiary/aromatic N) is 6. The van der Waals surface area contributed by atoms with E-state index in [2.05, 4.69) is 0 Å². The summed E-state index contributed by atoms with van der Waals surface area (Å²) in [6.45, 7) is 0. The summed E-state index contributed by atoms with van der Waals surface area (Å²) in [5, 5.41) is 88.5. The van der Waals surface area contributed by atoms with Crippen molar-refractivity contribution in [2.75, 3.05) is 0 Å². The van der Waals surface area contributed by atoms with Gasteiger partial charge in [0.25, 0.3) is 0 Å². The minimum Gasteiger partial charge on any atom is -0.356 e. The molecule has 24 nitrogen and oxygen atoms in total. The minimum absolute atomic E-state index is 0. The summed E-state index contributed by atoms with van der Waals surface area (Å²) in [6, 6.07) is 0. The van der Waals surface area contributed by atoms with Gasteiger partial charge in [0.15, 0.2) is 0 Å². The topological polar surface area (TPSA) is 397 Å². The van der Waals surface area contributed by atoms with Gasteiger partial charge in [-0.1, -0.05) is 0 Å². The van der Waals surface area contributed by atoms with Crippen LogP contribution in [-0.2, 0) is 0 Å². The third-order valence-electron chi connectivity index (χ3n) is 0. The van der Waals surface area contributed by atoms with E-state index in [1.165, 1.54) is 0 Å². The molecule has 0 radical (unpaired) electrons. The maximum absolute atomic E-state index is 8.25. The Morgan fingerprint density at radius 3 is 0.233 bits per heavy atom. The van der Waals surface area contributed by atoms with Gasteiger partial charge in [-0.15, -0.1) is 0 Å². The molecule has 0 aliphatic rings. The van der Waals surface area contributed by atoms with Crippen molar-refractivity contribution in [2.24, 2.45) is 0 Å². The zero-order valence-electron chi connectivity index (χ0n) is 16.0. The first-order chi connectivity index (χ1) is 10.4. The van der Waals surface area contributed by atoms with E-state index >= 15 is 0 Å². The van der Waals surface area contributed by atoms with E-state index in [-0.39, 0.29) is 308 Å². The number of rotatable bonds is 0. The maximum Gasteiger partial charge on any atom is 1.00 e. The predicted octanol–water partition coefficient (Wildman–Crippen LogP) is -19.4. The van der Waals surface area contributed by atoms with E-state index in [0.717, 1.165) is 0 Å². The van der Waals surface area contributed by atoms with E-state index in [1.807, 2.05) is 0 Å². The Kier molecular flexibility index (Phi) is 178. The summed E-state index contributed by atoms with van der Waals surface area (Å²) >= 11 is 0. The zero-order valence-corrected chi connectivity index (χ0v) is 34.8. The van der Waals surface area contributed by atoms with Crippen LogP contribution in [0.5, 0.6) is 0 Å². The standard InChI is InChI=1S/6K.6NO3/c;;;;;;6*2-1(3)4/q6*+1;6*-1. The monoisotopic (exact) mass is 606 g/mol. The summed E-state index contributed by atoms with van der Waals surface area (Å²) < 4.78 is 0. The van der Waals surface area contributed by atoms with Gasteiger partial charge in [0.1, 0.15) is 0 Å². The van der Waals surface area contributed by atoms with Gasteiger partial charge in [-0.2, -0.15) is 0 Å². The van der Waals surface area contributed by atoms with Crippen molar-refractivity contribution < 1.29 is 339 Å². The average Bonchev–Trinajstić information content (AvgIpc) is 2.08. The molecule has 0 aromatic rings. The van der Waals surface area contributed by atoms with Gasteiger partial charge in [0.2, 0.25) is 0 Å². The number of hydrogen-bond donors (Lipinski definition) is 0. The molecule has 0 spiro atoms. The van der Waals surface area contributed by atoms with Gasteiger partial charge in [0.05, 0.1) is 30.5 Å². The zero-order chi connectivity index (χ0) is 21.5. The van der Waals surface area contributed by atoms with Crippen LogP contribution < -0.4 is 308 Å². The van der Waals surface area contributed by atoms with Gasteiger partial charge < -0.3 is 91.9 Å². The second kappa shape index (κ2) is 70.0. The molecule has 0 unspecified atom stereocenters. The van der Waals surface area contributed by atoms with Gasteiger partial charge in [0, 0.05) is 0 Å². The average molecular weight is 607 g/mol. The summed E-state index contributed by atoms with van der Waals surface area (Å²) in [4.78, 5) is 49.5. The van der Waals surface area contributed by atoms with E-state index in [4.69, 9.17) is 91.9 Å². The maximum atomic E-state index is 8.25. The van der Waals surface area contributed by atoms with Crippen molar-refractivity contribution in [2.45, 2.75) is 0 Å². The first kappa shape index (κ1) is 76.5. The molecular weight excluding hydrogens is 607 g/mol. The summed E-state index contributed by atoms with van der Waals surface area (Å²) in [5.41, 5.74) is 0. The molecule has 0 saturated carbocycles. The third kappa shape index (κ3) is 1340.